The van der Waals surface area contributed by atoms with Gasteiger partial charge < -0.3 is 19.9 Å². The second-order valence-corrected chi connectivity index (χ2v) is 10.7. The normalized spacial score (nSPS) is 22.5. The number of ketones is 1. The molecular weight excluding hydrogens is 440 g/mol. The van der Waals surface area contributed by atoms with Crippen molar-refractivity contribution in [2.24, 2.45) is 11.1 Å². The number of fused-ring (bicyclic) bond motifs is 1. The zero-order chi connectivity index (χ0) is 24.7. The number of amides is 1. The quantitative estimate of drug-likeness (QED) is 0.709. The molecule has 3 aliphatic rings. The van der Waals surface area contributed by atoms with Gasteiger partial charge in [0, 0.05) is 48.6 Å². The van der Waals surface area contributed by atoms with Crippen LogP contribution in [0.2, 0.25) is 0 Å². The summed E-state index contributed by atoms with van der Waals surface area (Å²) in [5.41, 5.74) is 8.47. The summed E-state index contributed by atoms with van der Waals surface area (Å²) in [7, 11) is 0. The number of carbonyl (C=O) groups excluding carboxylic acids is 2. The van der Waals surface area contributed by atoms with Gasteiger partial charge in [0.2, 0.25) is 11.8 Å². The van der Waals surface area contributed by atoms with Gasteiger partial charge in [0.1, 0.15) is 23.9 Å². The molecule has 1 unspecified atom stereocenters. The number of Topliss-reactive ketones (excluding diaryl/α,β-unsaturated/α-hetero) is 1. The molecule has 1 atom stereocenters. The van der Waals surface area contributed by atoms with Gasteiger partial charge in [-0.25, -0.2) is 0 Å². The van der Waals surface area contributed by atoms with Gasteiger partial charge in [-0.1, -0.05) is 44.9 Å². The van der Waals surface area contributed by atoms with Gasteiger partial charge in [-0.15, -0.1) is 0 Å². The molecule has 2 N–H and O–H groups in total. The Morgan fingerprint density at radius 3 is 2.60 bits per heavy atom. The Hall–Kier alpha value is -3.53. The summed E-state index contributed by atoms with van der Waals surface area (Å²) < 4.78 is 7.81. The van der Waals surface area contributed by atoms with Crippen LogP contribution < -0.4 is 5.73 Å². The smallest absolute Gasteiger partial charge is 0.242 e. The molecule has 2 aromatic rings. The van der Waals surface area contributed by atoms with Crippen LogP contribution in [0.3, 0.4) is 0 Å². The monoisotopic (exact) mass is 472 g/mol. The van der Waals surface area contributed by atoms with Crippen molar-refractivity contribution in [3.63, 3.8) is 0 Å². The standard InChI is InChI=1S/C28H32N4O3/c1-28(2)13-22(33)26-23(14-28)35-27(30)19(15-29)25(26)20-16-32(21-10-6-5-9-18(20)21)17-24(34)31-11-7-3-4-8-12-31/h5-6,9-10,16,25H,3-4,7-8,11-14,17,30H2,1-2H3. The van der Waals surface area contributed by atoms with Crippen molar-refractivity contribution in [1.29, 1.82) is 5.26 Å². The number of nitriles is 1. The molecule has 5 rings (SSSR count). The lowest BCUT2D eigenvalue weighted by Crippen LogP contribution is -2.34. The van der Waals surface area contributed by atoms with Crippen molar-refractivity contribution in [1.82, 2.24) is 9.47 Å². The van der Waals surface area contributed by atoms with Crippen LogP contribution in [0, 0.1) is 16.7 Å². The summed E-state index contributed by atoms with van der Waals surface area (Å²) in [4.78, 5) is 28.6. The highest BCUT2D eigenvalue weighted by molar-refractivity contribution is 6.01. The maximum atomic E-state index is 13.4. The molecule has 0 bridgehead atoms. The molecular formula is C28H32N4O3. The number of para-hydroxylation sites is 1. The number of nitrogens with two attached hydrogens (primary N) is 1. The van der Waals surface area contributed by atoms with Gasteiger partial charge in [-0.3, -0.25) is 9.59 Å². The number of benzene rings is 1. The number of hydrogen-bond acceptors (Lipinski definition) is 5. The summed E-state index contributed by atoms with van der Waals surface area (Å²) in [6.45, 7) is 5.88. The number of rotatable bonds is 3. The van der Waals surface area contributed by atoms with Crippen molar-refractivity contribution in [3.05, 3.63) is 58.8 Å². The molecule has 0 spiro atoms. The first kappa shape index (κ1) is 23.2. The molecule has 0 saturated carbocycles. The average Bonchev–Trinajstić information content (AvgIpc) is 2.96. The Bertz CT molecular complexity index is 1300. The highest BCUT2D eigenvalue weighted by Crippen LogP contribution is 2.49. The van der Waals surface area contributed by atoms with Gasteiger partial charge in [0.05, 0.1) is 5.92 Å². The van der Waals surface area contributed by atoms with E-state index in [0.717, 1.165) is 55.2 Å². The van der Waals surface area contributed by atoms with E-state index in [2.05, 4.69) is 6.07 Å². The van der Waals surface area contributed by atoms with Crippen LogP contribution in [0.25, 0.3) is 10.9 Å². The number of hydrogen-bond donors (Lipinski definition) is 1. The van der Waals surface area contributed by atoms with Crippen LogP contribution in [0.4, 0.5) is 0 Å². The van der Waals surface area contributed by atoms with Crippen LogP contribution in [0.5, 0.6) is 0 Å². The summed E-state index contributed by atoms with van der Waals surface area (Å²) >= 11 is 0. The molecule has 2 aliphatic heterocycles. The lowest BCUT2D eigenvalue weighted by molar-refractivity contribution is -0.131. The predicted molar refractivity (Wildman–Crippen MR) is 133 cm³/mol. The summed E-state index contributed by atoms with van der Waals surface area (Å²) in [5, 5.41) is 10.9. The third kappa shape index (κ3) is 4.22. The summed E-state index contributed by atoms with van der Waals surface area (Å²) in [5.74, 6) is 0.0901. The van der Waals surface area contributed by atoms with Gasteiger partial charge in [0.25, 0.3) is 0 Å². The molecule has 3 heterocycles. The van der Waals surface area contributed by atoms with E-state index in [4.69, 9.17) is 10.5 Å². The second kappa shape index (κ2) is 8.92. The van der Waals surface area contributed by atoms with Gasteiger partial charge in [-0.2, -0.15) is 5.26 Å². The maximum Gasteiger partial charge on any atom is 0.242 e. The van der Waals surface area contributed by atoms with Crippen LogP contribution in [0.15, 0.2) is 53.3 Å². The van der Waals surface area contributed by atoms with Crippen molar-refractivity contribution in [2.75, 3.05) is 13.1 Å². The van der Waals surface area contributed by atoms with E-state index in [9.17, 15) is 14.9 Å². The van der Waals surface area contributed by atoms with Gasteiger partial charge in [-0.05, 0) is 29.9 Å². The van der Waals surface area contributed by atoms with Crippen LogP contribution in [-0.4, -0.2) is 34.2 Å². The minimum absolute atomic E-state index is 0.0148. The predicted octanol–water partition coefficient (Wildman–Crippen LogP) is 4.49. The number of ether oxygens (including phenoxy) is 1. The van der Waals surface area contributed by atoms with E-state index in [1.165, 1.54) is 0 Å². The Balaban J connectivity index is 1.60. The van der Waals surface area contributed by atoms with Gasteiger partial charge >= 0.3 is 0 Å². The van der Waals surface area contributed by atoms with E-state index < -0.39 is 5.92 Å². The van der Waals surface area contributed by atoms with E-state index in [1.54, 1.807) is 0 Å². The van der Waals surface area contributed by atoms with Crippen molar-refractivity contribution >= 4 is 22.6 Å². The lowest BCUT2D eigenvalue weighted by atomic mass is 9.70. The molecule has 1 aliphatic carbocycles. The van der Waals surface area contributed by atoms with Crippen molar-refractivity contribution in [3.8, 4) is 6.07 Å². The highest BCUT2D eigenvalue weighted by Gasteiger charge is 2.43. The fourth-order valence-corrected chi connectivity index (χ4v) is 5.80. The number of nitrogens with zero attached hydrogens (tertiary/aromatic N) is 3. The minimum Gasteiger partial charge on any atom is -0.444 e. The van der Waals surface area contributed by atoms with E-state index in [1.807, 2.05) is 53.8 Å². The molecule has 1 fully saturated rings. The second-order valence-electron chi connectivity index (χ2n) is 10.7. The Morgan fingerprint density at radius 2 is 1.89 bits per heavy atom. The molecule has 1 amide bonds. The highest BCUT2D eigenvalue weighted by atomic mass is 16.5. The fraction of sp³-hybridized carbons (Fsp3) is 0.464. The topological polar surface area (TPSA) is 101 Å². The third-order valence-electron chi connectivity index (χ3n) is 7.47. The number of allylic oxidation sites excluding steroid dienone is 3. The molecule has 1 aromatic carbocycles. The maximum absolute atomic E-state index is 13.4. The van der Waals surface area contributed by atoms with Crippen LogP contribution in [-0.2, 0) is 20.9 Å². The number of likely N-dealkylation sites (tertiary alicyclic amines) is 1. The lowest BCUT2D eigenvalue weighted by Gasteiger charge is -2.37. The first-order chi connectivity index (χ1) is 16.8. The molecule has 1 saturated heterocycles. The van der Waals surface area contributed by atoms with E-state index >= 15 is 0 Å². The Morgan fingerprint density at radius 1 is 1.17 bits per heavy atom. The summed E-state index contributed by atoms with van der Waals surface area (Å²) in [6.07, 6.45) is 7.30. The number of aromatic nitrogens is 1. The average molecular weight is 473 g/mol. The molecule has 7 nitrogen and oxygen atoms in total. The SMILES string of the molecule is CC1(C)CC(=O)C2=C(C1)OC(N)=C(C#N)C2c1cn(CC(=O)N2CCCCCC2)c2ccccc12. The Kier molecular flexibility index (Phi) is 5.92. The minimum atomic E-state index is -0.605. The zero-order valence-corrected chi connectivity index (χ0v) is 20.5. The molecule has 7 heteroatoms. The van der Waals surface area contributed by atoms with Crippen LogP contribution >= 0.6 is 0 Å². The molecule has 0 radical (unpaired) electrons. The van der Waals surface area contributed by atoms with Crippen molar-refractivity contribution < 1.29 is 14.3 Å². The molecule has 182 valence electrons. The fourth-order valence-electron chi connectivity index (χ4n) is 5.80. The molecule has 35 heavy (non-hydrogen) atoms. The summed E-state index contributed by atoms with van der Waals surface area (Å²) in [6, 6.07) is 10.0. The zero-order valence-electron chi connectivity index (χ0n) is 20.5. The Labute approximate surface area is 205 Å². The molecule has 1 aromatic heterocycles. The number of carbonyl (C=O) groups is 2. The van der Waals surface area contributed by atoms with E-state index in [-0.39, 0.29) is 35.1 Å². The van der Waals surface area contributed by atoms with Gasteiger partial charge in [0.15, 0.2) is 5.78 Å². The first-order valence-corrected chi connectivity index (χ1v) is 12.5. The van der Waals surface area contributed by atoms with E-state index in [0.29, 0.717) is 24.2 Å². The van der Waals surface area contributed by atoms with Crippen LogP contribution in [0.1, 0.15) is 63.9 Å². The largest absolute Gasteiger partial charge is 0.444 e. The third-order valence-corrected chi connectivity index (χ3v) is 7.47. The van der Waals surface area contributed by atoms with Crippen molar-refractivity contribution in [2.45, 2.75) is 64.8 Å². The first-order valence-electron chi connectivity index (χ1n) is 12.5.